The van der Waals surface area contributed by atoms with Crippen LogP contribution in [0.5, 0.6) is 0 Å². The highest BCUT2D eigenvalue weighted by Gasteiger charge is 2.16. The van der Waals surface area contributed by atoms with Crippen LogP contribution >= 0.6 is 0 Å². The molecule has 3 aromatic rings. The van der Waals surface area contributed by atoms with Gasteiger partial charge in [0.1, 0.15) is 5.76 Å². The van der Waals surface area contributed by atoms with Crippen LogP contribution in [0.3, 0.4) is 0 Å². The van der Waals surface area contributed by atoms with E-state index >= 15 is 0 Å². The Kier molecular flexibility index (Phi) is 5.79. The van der Waals surface area contributed by atoms with Crippen LogP contribution in [0.2, 0.25) is 0 Å². The molecule has 0 aliphatic carbocycles. The summed E-state index contributed by atoms with van der Waals surface area (Å²) in [6.07, 6.45) is 6.12. The number of nitrogens with zero attached hydrogens (tertiary/aromatic N) is 3. The number of rotatable bonds is 7. The minimum absolute atomic E-state index is 0.0506. The molecule has 130 valence electrons. The zero-order chi connectivity index (χ0) is 18.2. The Morgan fingerprint density at radius 3 is 2.58 bits per heavy atom. The van der Waals surface area contributed by atoms with E-state index in [4.69, 9.17) is 9.68 Å². The van der Waals surface area contributed by atoms with E-state index in [9.17, 15) is 4.79 Å². The molecular weight excluding hydrogens is 326 g/mol. The van der Waals surface area contributed by atoms with Crippen LogP contribution in [0.4, 0.5) is 0 Å². The number of hydrogen-bond donors (Lipinski definition) is 0. The summed E-state index contributed by atoms with van der Waals surface area (Å²) in [7, 11) is 0. The van der Waals surface area contributed by atoms with Gasteiger partial charge in [-0.2, -0.15) is 5.26 Å². The average Bonchev–Trinajstić information content (AvgIpc) is 3.20. The summed E-state index contributed by atoms with van der Waals surface area (Å²) in [4.78, 5) is 18.7. The summed E-state index contributed by atoms with van der Waals surface area (Å²) in [6.45, 7) is 0.912. The molecule has 1 amide bonds. The lowest BCUT2D eigenvalue weighted by atomic mass is 10.1. The summed E-state index contributed by atoms with van der Waals surface area (Å²) >= 11 is 0. The number of furan rings is 1. The first-order valence-corrected chi connectivity index (χ1v) is 8.42. The van der Waals surface area contributed by atoms with Crippen LogP contribution < -0.4 is 0 Å². The normalized spacial score (nSPS) is 10.3. The number of carbonyl (C=O) groups is 1. The fraction of sp³-hybridized carbons (Fsp3) is 0.190. The van der Waals surface area contributed by atoms with Gasteiger partial charge in [-0.05, 0) is 47.9 Å². The molecule has 0 spiro atoms. The molecular formula is C21H19N3O2. The second-order valence-electron chi connectivity index (χ2n) is 6.00. The van der Waals surface area contributed by atoms with E-state index in [2.05, 4.69) is 11.1 Å². The van der Waals surface area contributed by atoms with Crippen molar-refractivity contribution >= 4 is 5.91 Å². The van der Waals surface area contributed by atoms with Gasteiger partial charge in [0.2, 0.25) is 5.91 Å². The number of benzene rings is 1. The molecule has 0 radical (unpaired) electrons. The first-order valence-electron chi connectivity index (χ1n) is 8.42. The number of amides is 1. The van der Waals surface area contributed by atoms with Crippen molar-refractivity contribution in [2.45, 2.75) is 25.9 Å². The monoisotopic (exact) mass is 345 g/mol. The molecule has 0 N–H and O–H groups in total. The lowest BCUT2D eigenvalue weighted by molar-refractivity contribution is -0.132. The number of aromatic nitrogens is 1. The van der Waals surface area contributed by atoms with Gasteiger partial charge >= 0.3 is 0 Å². The smallest absolute Gasteiger partial charge is 0.223 e. The van der Waals surface area contributed by atoms with E-state index in [-0.39, 0.29) is 5.91 Å². The molecule has 0 bridgehead atoms. The summed E-state index contributed by atoms with van der Waals surface area (Å²) < 4.78 is 5.40. The van der Waals surface area contributed by atoms with Crippen molar-refractivity contribution in [3.05, 3.63) is 89.6 Å². The third kappa shape index (κ3) is 4.81. The van der Waals surface area contributed by atoms with E-state index in [1.165, 1.54) is 0 Å². The van der Waals surface area contributed by atoms with E-state index in [1.807, 2.05) is 36.4 Å². The predicted octanol–water partition coefficient (Wildman–Crippen LogP) is 3.71. The Hall–Kier alpha value is -3.39. The second-order valence-corrected chi connectivity index (χ2v) is 6.00. The molecule has 2 heterocycles. The van der Waals surface area contributed by atoms with Crippen LogP contribution in [0.15, 0.2) is 71.6 Å². The van der Waals surface area contributed by atoms with Crippen molar-refractivity contribution in [1.29, 1.82) is 5.26 Å². The Morgan fingerprint density at radius 2 is 1.92 bits per heavy atom. The lowest BCUT2D eigenvalue weighted by Crippen LogP contribution is -2.30. The van der Waals surface area contributed by atoms with Crippen LogP contribution in [0.25, 0.3) is 0 Å². The summed E-state index contributed by atoms with van der Waals surface area (Å²) in [5.74, 6) is 0.801. The molecule has 0 unspecified atom stereocenters. The van der Waals surface area contributed by atoms with Gasteiger partial charge in [-0.15, -0.1) is 0 Å². The molecule has 2 aromatic heterocycles. The van der Waals surface area contributed by atoms with E-state index < -0.39 is 0 Å². The van der Waals surface area contributed by atoms with Gasteiger partial charge in [-0.25, -0.2) is 0 Å². The molecule has 5 nitrogen and oxygen atoms in total. The highest BCUT2D eigenvalue weighted by Crippen LogP contribution is 2.13. The van der Waals surface area contributed by atoms with Crippen LogP contribution in [-0.4, -0.2) is 15.8 Å². The van der Waals surface area contributed by atoms with Crippen molar-refractivity contribution in [2.75, 3.05) is 0 Å². The SMILES string of the molecule is N#Cc1ccc(CCC(=O)N(Cc2cccnc2)Cc2ccco2)cc1. The minimum Gasteiger partial charge on any atom is -0.467 e. The number of aryl methyl sites for hydroxylation is 1. The molecule has 0 saturated carbocycles. The third-order valence-electron chi connectivity index (χ3n) is 4.09. The number of pyridine rings is 1. The Labute approximate surface area is 152 Å². The second kappa shape index (κ2) is 8.63. The summed E-state index contributed by atoms with van der Waals surface area (Å²) in [5.41, 5.74) is 2.64. The number of nitriles is 1. The topological polar surface area (TPSA) is 70.1 Å². The van der Waals surface area contributed by atoms with Gasteiger partial charge in [-0.1, -0.05) is 18.2 Å². The molecule has 0 atom stereocenters. The quantitative estimate of drug-likeness (QED) is 0.654. The first kappa shape index (κ1) is 17.4. The molecule has 3 rings (SSSR count). The molecule has 1 aromatic carbocycles. The molecule has 26 heavy (non-hydrogen) atoms. The molecule has 0 aliphatic heterocycles. The first-order chi connectivity index (χ1) is 12.7. The summed E-state index contributed by atoms with van der Waals surface area (Å²) in [6, 6.07) is 16.9. The highest BCUT2D eigenvalue weighted by atomic mass is 16.3. The van der Waals surface area contributed by atoms with Gasteiger partial charge in [0, 0.05) is 25.4 Å². The van der Waals surface area contributed by atoms with Crippen molar-refractivity contribution in [3.63, 3.8) is 0 Å². The van der Waals surface area contributed by atoms with Crippen LogP contribution in [-0.2, 0) is 24.3 Å². The maximum absolute atomic E-state index is 12.8. The van der Waals surface area contributed by atoms with E-state index in [0.29, 0.717) is 31.5 Å². The molecule has 0 aliphatic rings. The maximum atomic E-state index is 12.8. The maximum Gasteiger partial charge on any atom is 0.223 e. The average molecular weight is 345 g/mol. The third-order valence-corrected chi connectivity index (χ3v) is 4.09. The fourth-order valence-corrected chi connectivity index (χ4v) is 2.69. The minimum atomic E-state index is 0.0506. The van der Waals surface area contributed by atoms with Gasteiger partial charge in [0.25, 0.3) is 0 Å². The van der Waals surface area contributed by atoms with Crippen molar-refractivity contribution in [2.24, 2.45) is 0 Å². The Balaban J connectivity index is 1.66. The fourth-order valence-electron chi connectivity index (χ4n) is 2.69. The van der Waals surface area contributed by atoms with Crippen LogP contribution in [0.1, 0.15) is 28.9 Å². The van der Waals surface area contributed by atoms with Gasteiger partial charge in [0.05, 0.1) is 24.4 Å². The zero-order valence-electron chi connectivity index (χ0n) is 14.3. The van der Waals surface area contributed by atoms with Crippen molar-refractivity contribution in [3.8, 4) is 6.07 Å². The van der Waals surface area contributed by atoms with E-state index in [0.717, 1.165) is 16.9 Å². The Morgan fingerprint density at radius 1 is 1.08 bits per heavy atom. The van der Waals surface area contributed by atoms with Crippen molar-refractivity contribution in [1.82, 2.24) is 9.88 Å². The zero-order valence-corrected chi connectivity index (χ0v) is 14.3. The van der Waals surface area contributed by atoms with Gasteiger partial charge < -0.3 is 9.32 Å². The predicted molar refractivity (Wildman–Crippen MR) is 96.7 cm³/mol. The standard InChI is InChI=1S/C21H19N3O2/c22-13-18-7-5-17(6-8-18)9-10-21(25)24(16-20-4-2-12-26-20)15-19-3-1-11-23-14-19/h1-8,11-12,14H,9-10,15-16H2. The summed E-state index contributed by atoms with van der Waals surface area (Å²) in [5, 5.41) is 8.86. The Bertz CT molecular complexity index is 866. The molecule has 0 saturated heterocycles. The van der Waals surface area contributed by atoms with Crippen LogP contribution in [0, 0.1) is 11.3 Å². The molecule has 5 heteroatoms. The number of hydrogen-bond acceptors (Lipinski definition) is 4. The number of carbonyl (C=O) groups excluding carboxylic acids is 1. The van der Waals surface area contributed by atoms with Gasteiger partial charge in [-0.3, -0.25) is 9.78 Å². The van der Waals surface area contributed by atoms with Gasteiger partial charge in [0.15, 0.2) is 0 Å². The van der Waals surface area contributed by atoms with E-state index in [1.54, 1.807) is 35.7 Å². The molecule has 0 fully saturated rings. The highest BCUT2D eigenvalue weighted by molar-refractivity contribution is 5.76. The van der Waals surface area contributed by atoms with Crippen molar-refractivity contribution < 1.29 is 9.21 Å². The lowest BCUT2D eigenvalue weighted by Gasteiger charge is -2.22. The largest absolute Gasteiger partial charge is 0.467 e.